The van der Waals surface area contributed by atoms with E-state index >= 15 is 0 Å². The monoisotopic (exact) mass is 319 g/mol. The summed E-state index contributed by atoms with van der Waals surface area (Å²) >= 11 is 0. The fraction of sp³-hybridized carbons (Fsp3) is 0.556. The second kappa shape index (κ2) is 8.56. The highest BCUT2D eigenvalue weighted by atomic mass is 16.5. The second-order valence-electron chi connectivity index (χ2n) is 6.09. The van der Waals surface area contributed by atoms with E-state index in [0.29, 0.717) is 24.8 Å². The number of hydrogen-bond acceptors (Lipinski definition) is 5. The van der Waals surface area contributed by atoms with Gasteiger partial charge in [0.15, 0.2) is 0 Å². The average molecular weight is 319 g/mol. The van der Waals surface area contributed by atoms with E-state index in [1.807, 2.05) is 24.3 Å². The van der Waals surface area contributed by atoms with Crippen LogP contribution < -0.4 is 5.32 Å². The Labute approximate surface area is 137 Å². The fourth-order valence-electron chi connectivity index (χ4n) is 3.02. The van der Waals surface area contributed by atoms with Crippen molar-refractivity contribution in [1.82, 2.24) is 0 Å². The largest absolute Gasteiger partial charge is 0.469 e. The first-order valence-electron chi connectivity index (χ1n) is 8.09. The van der Waals surface area contributed by atoms with E-state index in [9.17, 15) is 9.59 Å². The Kier molecular flexibility index (Phi) is 6.44. The van der Waals surface area contributed by atoms with Crippen molar-refractivity contribution in [3.05, 3.63) is 29.8 Å². The molecule has 0 bridgehead atoms. The molecule has 1 N–H and O–H groups in total. The maximum atomic E-state index is 11.3. The number of hydrogen-bond donors (Lipinski definition) is 1. The third kappa shape index (κ3) is 5.58. The molecule has 0 saturated heterocycles. The first kappa shape index (κ1) is 17.3. The summed E-state index contributed by atoms with van der Waals surface area (Å²) in [4.78, 5) is 22.6. The predicted octanol–water partition coefficient (Wildman–Crippen LogP) is 2.94. The molecule has 0 radical (unpaired) electrons. The van der Waals surface area contributed by atoms with Crippen molar-refractivity contribution in [2.24, 2.45) is 5.92 Å². The van der Waals surface area contributed by atoms with Crippen LogP contribution in [0.4, 0.5) is 5.69 Å². The van der Waals surface area contributed by atoms with E-state index in [1.54, 1.807) is 0 Å². The quantitative estimate of drug-likeness (QED) is 0.817. The molecular formula is C18H25NO4. The molecule has 0 heterocycles. The molecule has 0 atom stereocenters. The molecule has 1 aliphatic rings. The molecule has 126 valence electrons. The van der Waals surface area contributed by atoms with E-state index in [1.165, 1.54) is 14.2 Å². The van der Waals surface area contributed by atoms with Crippen LogP contribution >= 0.6 is 0 Å². The first-order chi connectivity index (χ1) is 11.1. The van der Waals surface area contributed by atoms with E-state index in [-0.39, 0.29) is 11.9 Å². The molecular weight excluding hydrogens is 294 g/mol. The molecule has 1 aromatic carbocycles. The van der Waals surface area contributed by atoms with Gasteiger partial charge in [0.1, 0.15) is 0 Å². The normalized spacial score (nSPS) is 20.6. The minimum Gasteiger partial charge on any atom is -0.469 e. The topological polar surface area (TPSA) is 64.6 Å². The van der Waals surface area contributed by atoms with Crippen molar-refractivity contribution in [2.75, 3.05) is 19.5 Å². The van der Waals surface area contributed by atoms with Crippen LogP contribution in [0.3, 0.4) is 0 Å². The number of carbonyl (C=O) groups is 2. The van der Waals surface area contributed by atoms with Gasteiger partial charge in [-0.2, -0.15) is 0 Å². The number of rotatable bonds is 6. The molecule has 5 nitrogen and oxygen atoms in total. The molecule has 1 aromatic rings. The number of methoxy groups -OCH3 is 2. The minimum atomic E-state index is -0.227. The summed E-state index contributed by atoms with van der Waals surface area (Å²) < 4.78 is 9.40. The SMILES string of the molecule is COC(=O)Cc1ccc(NC2CCC(CC(=O)OC)CC2)cc1. The Morgan fingerprint density at radius 1 is 1.00 bits per heavy atom. The minimum absolute atomic E-state index is 0.109. The Bertz CT molecular complexity index is 518. The van der Waals surface area contributed by atoms with Crippen molar-refractivity contribution in [3.63, 3.8) is 0 Å². The molecule has 0 amide bonds. The standard InChI is InChI=1S/C18H25NO4/c1-22-17(20)11-13-3-7-15(8-4-13)19-16-9-5-14(6-10-16)12-18(21)23-2/h3-4,7-8,14,16,19H,5-6,9-12H2,1-2H3. The van der Waals surface area contributed by atoms with E-state index in [4.69, 9.17) is 4.74 Å². The number of esters is 2. The van der Waals surface area contributed by atoms with Crippen LogP contribution in [0.15, 0.2) is 24.3 Å². The maximum absolute atomic E-state index is 11.3. The third-order valence-corrected chi connectivity index (χ3v) is 4.43. The van der Waals surface area contributed by atoms with Crippen LogP contribution in [0.25, 0.3) is 0 Å². The third-order valence-electron chi connectivity index (χ3n) is 4.43. The van der Waals surface area contributed by atoms with Gasteiger partial charge >= 0.3 is 11.9 Å². The van der Waals surface area contributed by atoms with Gasteiger partial charge in [-0.3, -0.25) is 9.59 Å². The summed E-state index contributed by atoms with van der Waals surface area (Å²) in [6.07, 6.45) is 5.05. The molecule has 1 aliphatic carbocycles. The van der Waals surface area contributed by atoms with Gasteiger partial charge < -0.3 is 14.8 Å². The van der Waals surface area contributed by atoms with Crippen molar-refractivity contribution in [3.8, 4) is 0 Å². The molecule has 0 unspecified atom stereocenters. The van der Waals surface area contributed by atoms with E-state index in [2.05, 4.69) is 10.1 Å². The summed E-state index contributed by atoms with van der Waals surface area (Å²) in [5, 5.41) is 3.53. The first-order valence-corrected chi connectivity index (χ1v) is 8.09. The highest BCUT2D eigenvalue weighted by Crippen LogP contribution is 2.29. The van der Waals surface area contributed by atoms with Crippen molar-refractivity contribution in [2.45, 2.75) is 44.6 Å². The summed E-state index contributed by atoms with van der Waals surface area (Å²) in [6, 6.07) is 8.33. The van der Waals surface area contributed by atoms with Crippen LogP contribution in [0.2, 0.25) is 0 Å². The van der Waals surface area contributed by atoms with Crippen molar-refractivity contribution < 1.29 is 19.1 Å². The number of benzene rings is 1. The van der Waals surface area contributed by atoms with Gasteiger partial charge in [-0.05, 0) is 49.3 Å². The van der Waals surface area contributed by atoms with Crippen LogP contribution in [0, 0.1) is 5.92 Å². The molecule has 0 aliphatic heterocycles. The summed E-state index contributed by atoms with van der Waals surface area (Å²) in [7, 11) is 2.84. The molecule has 0 aromatic heterocycles. The molecule has 5 heteroatoms. The van der Waals surface area contributed by atoms with Crippen LogP contribution in [0.1, 0.15) is 37.7 Å². The maximum Gasteiger partial charge on any atom is 0.309 e. The Hall–Kier alpha value is -2.04. The second-order valence-corrected chi connectivity index (χ2v) is 6.09. The zero-order valence-corrected chi connectivity index (χ0v) is 13.8. The lowest BCUT2D eigenvalue weighted by Crippen LogP contribution is -2.27. The van der Waals surface area contributed by atoms with Crippen molar-refractivity contribution in [1.29, 1.82) is 0 Å². The average Bonchev–Trinajstić information content (AvgIpc) is 2.58. The predicted molar refractivity (Wildman–Crippen MR) is 88.2 cm³/mol. The highest BCUT2D eigenvalue weighted by Gasteiger charge is 2.23. The Balaban J connectivity index is 1.77. The van der Waals surface area contributed by atoms with Gasteiger partial charge in [-0.25, -0.2) is 0 Å². The smallest absolute Gasteiger partial charge is 0.309 e. The zero-order valence-electron chi connectivity index (χ0n) is 13.8. The summed E-state index contributed by atoms with van der Waals surface area (Å²) in [5.41, 5.74) is 2.01. The van der Waals surface area contributed by atoms with E-state index in [0.717, 1.165) is 36.9 Å². The molecule has 2 rings (SSSR count). The lowest BCUT2D eigenvalue weighted by atomic mass is 9.84. The number of anilines is 1. The van der Waals surface area contributed by atoms with Crippen LogP contribution in [0.5, 0.6) is 0 Å². The van der Waals surface area contributed by atoms with Crippen LogP contribution in [-0.2, 0) is 25.5 Å². The summed E-state index contributed by atoms with van der Waals surface area (Å²) in [6.45, 7) is 0. The lowest BCUT2D eigenvalue weighted by molar-refractivity contribution is -0.142. The van der Waals surface area contributed by atoms with Gasteiger partial charge in [0.2, 0.25) is 0 Å². The van der Waals surface area contributed by atoms with Gasteiger partial charge in [0.05, 0.1) is 20.6 Å². The summed E-state index contributed by atoms with van der Waals surface area (Å²) in [5.74, 6) is 0.111. The Morgan fingerprint density at radius 2 is 1.61 bits per heavy atom. The number of nitrogens with one attached hydrogen (secondary N) is 1. The van der Waals surface area contributed by atoms with E-state index < -0.39 is 0 Å². The van der Waals surface area contributed by atoms with Gasteiger partial charge in [-0.15, -0.1) is 0 Å². The highest BCUT2D eigenvalue weighted by molar-refractivity contribution is 5.72. The molecule has 23 heavy (non-hydrogen) atoms. The van der Waals surface area contributed by atoms with Crippen LogP contribution in [-0.4, -0.2) is 32.2 Å². The number of ether oxygens (including phenoxy) is 2. The van der Waals surface area contributed by atoms with Gasteiger partial charge in [0.25, 0.3) is 0 Å². The molecule has 1 saturated carbocycles. The Morgan fingerprint density at radius 3 is 2.17 bits per heavy atom. The van der Waals surface area contributed by atoms with Gasteiger partial charge in [0, 0.05) is 18.2 Å². The van der Waals surface area contributed by atoms with Gasteiger partial charge in [-0.1, -0.05) is 12.1 Å². The number of carbonyl (C=O) groups excluding carboxylic acids is 2. The zero-order chi connectivity index (χ0) is 16.7. The fourth-order valence-corrected chi connectivity index (χ4v) is 3.02. The molecule has 1 fully saturated rings. The van der Waals surface area contributed by atoms with Crippen molar-refractivity contribution >= 4 is 17.6 Å². The lowest BCUT2D eigenvalue weighted by Gasteiger charge is -2.29. The molecule has 0 spiro atoms.